The third-order valence-corrected chi connectivity index (χ3v) is 4.45. The fourth-order valence-electron chi connectivity index (χ4n) is 3.05. The molecule has 1 saturated carbocycles. The van der Waals surface area contributed by atoms with Gasteiger partial charge >= 0.3 is 5.97 Å². The van der Waals surface area contributed by atoms with Crippen molar-refractivity contribution in [1.29, 1.82) is 0 Å². The Morgan fingerprint density at radius 1 is 1.33 bits per heavy atom. The molecule has 0 radical (unpaired) electrons. The van der Waals surface area contributed by atoms with E-state index in [9.17, 15) is 9.90 Å². The number of rotatable bonds is 3. The predicted molar refractivity (Wildman–Crippen MR) is 78.6 cm³/mol. The van der Waals surface area contributed by atoms with Crippen LogP contribution in [0.1, 0.15) is 37.5 Å². The molecule has 0 bridgehead atoms. The Hall–Kier alpha value is -2.04. The van der Waals surface area contributed by atoms with Crippen molar-refractivity contribution in [3.05, 3.63) is 24.1 Å². The van der Waals surface area contributed by atoms with E-state index >= 15 is 0 Å². The Morgan fingerprint density at radius 3 is 2.95 bits per heavy atom. The van der Waals surface area contributed by atoms with E-state index in [1.165, 1.54) is 12.8 Å². The Labute approximate surface area is 122 Å². The molecule has 1 saturated heterocycles. The summed E-state index contributed by atoms with van der Waals surface area (Å²) in [6.45, 7) is 1.48. The van der Waals surface area contributed by atoms with Crippen molar-refractivity contribution < 1.29 is 14.3 Å². The molecule has 2 heterocycles. The van der Waals surface area contributed by atoms with E-state index in [-0.39, 0.29) is 5.92 Å². The molecule has 1 atom stereocenters. The van der Waals surface area contributed by atoms with E-state index in [1.54, 1.807) is 0 Å². The van der Waals surface area contributed by atoms with Crippen molar-refractivity contribution in [2.45, 2.75) is 31.6 Å². The Bertz CT molecular complexity index is 690. The maximum atomic E-state index is 11.2. The van der Waals surface area contributed by atoms with Crippen LogP contribution in [0.25, 0.3) is 11.1 Å². The predicted octanol–water partition coefficient (Wildman–Crippen LogP) is 3.01. The van der Waals surface area contributed by atoms with Crippen LogP contribution < -0.4 is 4.90 Å². The molecule has 5 nitrogen and oxygen atoms in total. The summed E-state index contributed by atoms with van der Waals surface area (Å²) in [5, 5.41) is 9.19. The summed E-state index contributed by atoms with van der Waals surface area (Å²) < 4.78 is 5.77. The summed E-state index contributed by atoms with van der Waals surface area (Å²) in [6.07, 6.45) is 4.03. The average Bonchev–Trinajstić information content (AvgIpc) is 3.26. The maximum Gasteiger partial charge on any atom is 0.308 e. The number of oxazole rings is 1. The van der Waals surface area contributed by atoms with Crippen LogP contribution in [-0.4, -0.2) is 29.1 Å². The number of anilines is 1. The van der Waals surface area contributed by atoms with Gasteiger partial charge in [-0.05, 0) is 43.9 Å². The summed E-state index contributed by atoms with van der Waals surface area (Å²) in [5.41, 5.74) is 2.75. The van der Waals surface area contributed by atoms with Gasteiger partial charge in [-0.1, -0.05) is 0 Å². The van der Waals surface area contributed by atoms with E-state index < -0.39 is 5.97 Å². The van der Waals surface area contributed by atoms with Gasteiger partial charge in [0.15, 0.2) is 11.5 Å². The van der Waals surface area contributed by atoms with E-state index in [1.807, 2.05) is 18.2 Å². The zero-order valence-electron chi connectivity index (χ0n) is 11.8. The van der Waals surface area contributed by atoms with E-state index in [4.69, 9.17) is 4.42 Å². The van der Waals surface area contributed by atoms with Crippen molar-refractivity contribution in [1.82, 2.24) is 4.98 Å². The van der Waals surface area contributed by atoms with Crippen molar-refractivity contribution in [2.75, 3.05) is 18.0 Å². The first-order valence-electron chi connectivity index (χ1n) is 7.59. The summed E-state index contributed by atoms with van der Waals surface area (Å²) in [6, 6.07) is 5.98. The molecule has 0 amide bonds. The molecule has 1 aliphatic heterocycles. The number of hydrogen-bond donors (Lipinski definition) is 1. The van der Waals surface area contributed by atoms with Crippen molar-refractivity contribution >= 4 is 22.8 Å². The van der Waals surface area contributed by atoms with Crippen LogP contribution in [0.2, 0.25) is 0 Å². The van der Waals surface area contributed by atoms with Gasteiger partial charge in [-0.25, -0.2) is 4.98 Å². The second-order valence-corrected chi connectivity index (χ2v) is 6.10. The highest BCUT2D eigenvalue weighted by molar-refractivity contribution is 5.78. The number of benzene rings is 1. The first kappa shape index (κ1) is 12.7. The van der Waals surface area contributed by atoms with Gasteiger partial charge in [-0.15, -0.1) is 0 Å². The molecular formula is C16H18N2O3. The summed E-state index contributed by atoms with van der Waals surface area (Å²) in [5.74, 6) is 0.392. The molecule has 4 rings (SSSR count). The van der Waals surface area contributed by atoms with Gasteiger partial charge in [0.2, 0.25) is 0 Å². The standard InChI is InChI=1S/C16H18N2O3/c19-16(20)11-2-1-7-18(9-11)12-5-6-14-13(8-12)17-15(21-14)10-3-4-10/h5-6,8,10-11H,1-4,7,9H2,(H,19,20). The van der Waals surface area contributed by atoms with Crippen LogP contribution >= 0.6 is 0 Å². The lowest BCUT2D eigenvalue weighted by atomic mass is 9.98. The Balaban J connectivity index is 1.61. The molecule has 2 fully saturated rings. The minimum Gasteiger partial charge on any atom is -0.481 e. The van der Waals surface area contributed by atoms with Crippen molar-refractivity contribution in [3.8, 4) is 0 Å². The molecule has 5 heteroatoms. The number of piperidine rings is 1. The summed E-state index contributed by atoms with van der Waals surface area (Å²) >= 11 is 0. The monoisotopic (exact) mass is 286 g/mol. The molecule has 1 aromatic carbocycles. The highest BCUT2D eigenvalue weighted by Crippen LogP contribution is 2.41. The zero-order valence-corrected chi connectivity index (χ0v) is 11.8. The highest BCUT2D eigenvalue weighted by Gasteiger charge is 2.29. The second kappa shape index (κ2) is 4.76. The average molecular weight is 286 g/mol. The molecule has 21 heavy (non-hydrogen) atoms. The normalized spacial score (nSPS) is 22.7. The van der Waals surface area contributed by atoms with Crippen molar-refractivity contribution in [3.63, 3.8) is 0 Å². The van der Waals surface area contributed by atoms with E-state index in [0.717, 1.165) is 42.1 Å². The van der Waals surface area contributed by atoms with Crippen LogP contribution in [0.15, 0.2) is 22.6 Å². The van der Waals surface area contributed by atoms with Gasteiger partial charge in [0.25, 0.3) is 0 Å². The third kappa shape index (κ3) is 2.37. The number of aliphatic carboxylic acids is 1. The second-order valence-electron chi connectivity index (χ2n) is 6.10. The van der Waals surface area contributed by atoms with Gasteiger partial charge in [0.05, 0.1) is 5.92 Å². The lowest BCUT2D eigenvalue weighted by Gasteiger charge is -2.32. The quantitative estimate of drug-likeness (QED) is 0.939. The van der Waals surface area contributed by atoms with Gasteiger partial charge < -0.3 is 14.4 Å². The smallest absolute Gasteiger partial charge is 0.308 e. The number of carbonyl (C=O) groups is 1. The molecule has 1 aliphatic carbocycles. The Kier molecular flexibility index (Phi) is 2.87. The Morgan fingerprint density at radius 2 is 2.19 bits per heavy atom. The lowest BCUT2D eigenvalue weighted by molar-refractivity contribution is -0.141. The number of carboxylic acids is 1. The molecule has 1 unspecified atom stereocenters. The number of aromatic nitrogens is 1. The van der Waals surface area contributed by atoms with Crippen LogP contribution in [0.3, 0.4) is 0 Å². The van der Waals surface area contributed by atoms with Crippen LogP contribution in [0, 0.1) is 5.92 Å². The number of fused-ring (bicyclic) bond motifs is 1. The first-order valence-corrected chi connectivity index (χ1v) is 7.59. The van der Waals surface area contributed by atoms with Gasteiger partial charge in [-0.2, -0.15) is 0 Å². The molecule has 110 valence electrons. The molecule has 0 spiro atoms. The molecule has 1 N–H and O–H groups in total. The molecule has 2 aliphatic rings. The topological polar surface area (TPSA) is 66.6 Å². The third-order valence-electron chi connectivity index (χ3n) is 4.45. The van der Waals surface area contributed by atoms with Crippen LogP contribution in [-0.2, 0) is 4.79 Å². The van der Waals surface area contributed by atoms with Gasteiger partial charge in [0.1, 0.15) is 5.52 Å². The van der Waals surface area contributed by atoms with Crippen molar-refractivity contribution in [2.24, 2.45) is 5.92 Å². The number of nitrogens with zero attached hydrogens (tertiary/aromatic N) is 2. The van der Waals surface area contributed by atoms with E-state index in [2.05, 4.69) is 9.88 Å². The number of hydrogen-bond acceptors (Lipinski definition) is 4. The number of carboxylic acid groups (broad SMARTS) is 1. The van der Waals surface area contributed by atoms with Crippen LogP contribution in [0.4, 0.5) is 5.69 Å². The van der Waals surface area contributed by atoms with Gasteiger partial charge in [-0.3, -0.25) is 4.79 Å². The summed E-state index contributed by atoms with van der Waals surface area (Å²) in [4.78, 5) is 17.9. The summed E-state index contributed by atoms with van der Waals surface area (Å²) in [7, 11) is 0. The van der Waals surface area contributed by atoms with E-state index in [0.29, 0.717) is 12.5 Å². The first-order chi connectivity index (χ1) is 10.2. The SMILES string of the molecule is O=C(O)C1CCCN(c2ccc3oc(C4CC4)nc3c2)C1. The fourth-order valence-corrected chi connectivity index (χ4v) is 3.05. The molecule has 2 aromatic rings. The fraction of sp³-hybridized carbons (Fsp3) is 0.500. The van der Waals surface area contributed by atoms with Gasteiger partial charge in [0, 0.05) is 24.7 Å². The maximum absolute atomic E-state index is 11.2. The minimum atomic E-state index is -0.696. The molecular weight excluding hydrogens is 268 g/mol. The minimum absolute atomic E-state index is 0.270. The largest absolute Gasteiger partial charge is 0.481 e. The highest BCUT2D eigenvalue weighted by atomic mass is 16.4. The lowest BCUT2D eigenvalue weighted by Crippen LogP contribution is -2.38. The zero-order chi connectivity index (χ0) is 14.4. The van der Waals surface area contributed by atoms with Crippen LogP contribution in [0.5, 0.6) is 0 Å². The molecule has 1 aromatic heterocycles.